The molecule has 0 heterocycles. The zero-order chi connectivity index (χ0) is 24.2. The Morgan fingerprint density at radius 2 is 1.50 bits per heavy atom. The largest absolute Gasteiger partial charge is 0.458 e. The van der Waals surface area contributed by atoms with E-state index < -0.39 is 12.2 Å². The van der Waals surface area contributed by atoms with Crippen molar-refractivity contribution < 1.29 is 23.9 Å². The average Bonchev–Trinajstić information content (AvgIpc) is 2.70. The number of allylic oxidation sites excluding steroid dienone is 2. The lowest BCUT2D eigenvalue weighted by atomic mass is 9.51. The molecular formula is C27H40O5. The first-order valence-electron chi connectivity index (χ1n) is 11.7. The predicted octanol–water partition coefficient (Wildman–Crippen LogP) is 5.74. The number of esters is 2. The molecule has 2 aliphatic rings. The number of carbonyl (C=O) groups excluding carboxylic acids is 3. The van der Waals surface area contributed by atoms with E-state index in [1.54, 1.807) is 0 Å². The molecule has 2 rings (SSSR count). The number of hydrogen-bond acceptors (Lipinski definition) is 5. The summed E-state index contributed by atoms with van der Waals surface area (Å²) in [7, 11) is 0. The fraction of sp³-hybridized carbons (Fsp3) is 0.667. The molecule has 0 spiro atoms. The highest BCUT2D eigenvalue weighted by molar-refractivity contribution is 5.80. The maximum absolute atomic E-state index is 12.8. The topological polar surface area (TPSA) is 69.7 Å². The third kappa shape index (κ3) is 5.79. The Kier molecular flexibility index (Phi) is 8.67. The average molecular weight is 445 g/mol. The summed E-state index contributed by atoms with van der Waals surface area (Å²) in [6.07, 6.45) is 4.43. The van der Waals surface area contributed by atoms with Crippen LogP contribution in [0.2, 0.25) is 0 Å². The molecule has 2 fully saturated rings. The van der Waals surface area contributed by atoms with Crippen molar-refractivity contribution in [1.29, 1.82) is 0 Å². The summed E-state index contributed by atoms with van der Waals surface area (Å²) in [4.78, 5) is 38.2. The fourth-order valence-corrected chi connectivity index (χ4v) is 5.19. The number of rotatable bonds is 7. The second-order valence-electron chi connectivity index (χ2n) is 10.1. The SMILES string of the molecule is C=C(C)[C@H]1C[C@@]2(C)[C@H](CC(=O)C[C@@H]2C)[C@H](OC(=O)C/C(C)=C/C)[C@@H]1OC(=O)C/C(C)=C/C. The molecule has 0 N–H and O–H groups in total. The van der Waals surface area contributed by atoms with Gasteiger partial charge in [0.25, 0.3) is 0 Å². The van der Waals surface area contributed by atoms with Crippen molar-refractivity contribution in [2.75, 3.05) is 0 Å². The number of fused-ring (bicyclic) bond motifs is 1. The molecule has 2 saturated carbocycles. The summed E-state index contributed by atoms with van der Waals surface area (Å²) in [6.45, 7) is 17.9. The number of hydrogen-bond donors (Lipinski definition) is 0. The van der Waals surface area contributed by atoms with Gasteiger partial charge in [-0.05, 0) is 52.4 Å². The molecule has 5 heteroatoms. The van der Waals surface area contributed by atoms with Crippen LogP contribution in [0.1, 0.15) is 80.6 Å². The molecule has 32 heavy (non-hydrogen) atoms. The van der Waals surface area contributed by atoms with Gasteiger partial charge >= 0.3 is 11.9 Å². The van der Waals surface area contributed by atoms with Crippen LogP contribution in [0.15, 0.2) is 35.5 Å². The highest BCUT2D eigenvalue weighted by Gasteiger charge is 2.58. The van der Waals surface area contributed by atoms with Crippen molar-refractivity contribution >= 4 is 17.7 Å². The zero-order valence-corrected chi connectivity index (χ0v) is 20.8. The van der Waals surface area contributed by atoms with E-state index in [9.17, 15) is 14.4 Å². The van der Waals surface area contributed by atoms with Crippen molar-refractivity contribution in [3.63, 3.8) is 0 Å². The molecule has 0 aromatic heterocycles. The second-order valence-corrected chi connectivity index (χ2v) is 10.1. The molecule has 0 amide bonds. The maximum Gasteiger partial charge on any atom is 0.310 e. The summed E-state index contributed by atoms with van der Waals surface area (Å²) in [5.41, 5.74) is 2.52. The van der Waals surface area contributed by atoms with Crippen LogP contribution in [0.3, 0.4) is 0 Å². The quantitative estimate of drug-likeness (QED) is 0.370. The molecule has 0 bridgehead atoms. The van der Waals surface area contributed by atoms with Crippen molar-refractivity contribution in [1.82, 2.24) is 0 Å². The van der Waals surface area contributed by atoms with E-state index >= 15 is 0 Å². The zero-order valence-electron chi connectivity index (χ0n) is 20.8. The lowest BCUT2D eigenvalue weighted by Crippen LogP contribution is -2.59. The van der Waals surface area contributed by atoms with E-state index in [-0.39, 0.29) is 53.7 Å². The van der Waals surface area contributed by atoms with Crippen molar-refractivity contribution in [3.05, 3.63) is 35.5 Å². The molecule has 178 valence electrons. The van der Waals surface area contributed by atoms with Gasteiger partial charge in [-0.15, -0.1) is 0 Å². The first kappa shape index (κ1) is 26.1. The van der Waals surface area contributed by atoms with E-state index in [0.29, 0.717) is 12.8 Å². The number of carbonyl (C=O) groups is 3. The molecule has 0 unspecified atom stereocenters. The first-order valence-corrected chi connectivity index (χ1v) is 11.7. The monoisotopic (exact) mass is 444 g/mol. The van der Waals surface area contributed by atoms with Gasteiger partial charge in [-0.1, -0.05) is 49.3 Å². The van der Waals surface area contributed by atoms with Gasteiger partial charge in [-0.3, -0.25) is 14.4 Å². The Morgan fingerprint density at radius 1 is 1.00 bits per heavy atom. The van der Waals surface area contributed by atoms with Crippen LogP contribution < -0.4 is 0 Å². The van der Waals surface area contributed by atoms with E-state index in [0.717, 1.165) is 23.1 Å². The Morgan fingerprint density at radius 3 is 1.97 bits per heavy atom. The van der Waals surface area contributed by atoms with Gasteiger partial charge in [-0.2, -0.15) is 0 Å². The van der Waals surface area contributed by atoms with Crippen molar-refractivity contribution in [2.24, 2.45) is 23.2 Å². The summed E-state index contributed by atoms with van der Waals surface area (Å²) in [5, 5.41) is 0. The van der Waals surface area contributed by atoms with Crippen LogP contribution in [0.5, 0.6) is 0 Å². The second kappa shape index (κ2) is 10.6. The Labute approximate surface area is 193 Å². The van der Waals surface area contributed by atoms with Gasteiger partial charge in [-0.25, -0.2) is 0 Å². The van der Waals surface area contributed by atoms with Crippen LogP contribution >= 0.6 is 0 Å². The third-order valence-electron chi connectivity index (χ3n) is 7.73. The van der Waals surface area contributed by atoms with Crippen LogP contribution in [-0.4, -0.2) is 29.9 Å². The molecule has 6 atom stereocenters. The van der Waals surface area contributed by atoms with E-state index in [1.807, 2.05) is 46.8 Å². The van der Waals surface area contributed by atoms with Gasteiger partial charge in [0.1, 0.15) is 18.0 Å². The number of Topliss-reactive ketones (excluding diaryl/α,β-unsaturated/α-hetero) is 1. The van der Waals surface area contributed by atoms with Gasteiger partial charge in [0, 0.05) is 24.7 Å². The molecule has 0 saturated heterocycles. The minimum atomic E-state index is -0.672. The fourth-order valence-electron chi connectivity index (χ4n) is 5.19. The molecule has 0 aliphatic heterocycles. The van der Waals surface area contributed by atoms with Gasteiger partial charge in [0.15, 0.2) is 0 Å². The van der Waals surface area contributed by atoms with Crippen molar-refractivity contribution in [3.8, 4) is 0 Å². The summed E-state index contributed by atoms with van der Waals surface area (Å²) >= 11 is 0. The molecule has 5 nitrogen and oxygen atoms in total. The van der Waals surface area contributed by atoms with Crippen molar-refractivity contribution in [2.45, 2.75) is 92.8 Å². The van der Waals surface area contributed by atoms with Crippen LogP contribution in [-0.2, 0) is 23.9 Å². The Bertz CT molecular complexity index is 820. The predicted molar refractivity (Wildman–Crippen MR) is 126 cm³/mol. The number of ketones is 1. The van der Waals surface area contributed by atoms with Gasteiger partial charge in [0.05, 0.1) is 12.8 Å². The maximum atomic E-state index is 12.8. The molecule has 0 radical (unpaired) electrons. The molecule has 0 aromatic rings. The summed E-state index contributed by atoms with van der Waals surface area (Å²) < 4.78 is 12.1. The number of ether oxygens (including phenoxy) is 2. The first-order chi connectivity index (χ1) is 14.9. The van der Waals surface area contributed by atoms with E-state index in [1.165, 1.54) is 0 Å². The minimum Gasteiger partial charge on any atom is -0.458 e. The van der Waals surface area contributed by atoms with E-state index in [4.69, 9.17) is 9.47 Å². The highest BCUT2D eigenvalue weighted by Crippen LogP contribution is 2.56. The van der Waals surface area contributed by atoms with Gasteiger partial charge < -0.3 is 9.47 Å². The normalized spacial score (nSPS) is 33.3. The lowest BCUT2D eigenvalue weighted by Gasteiger charge is -2.56. The molecule has 2 aliphatic carbocycles. The lowest BCUT2D eigenvalue weighted by molar-refractivity contribution is -0.202. The van der Waals surface area contributed by atoms with Crippen LogP contribution in [0, 0.1) is 23.2 Å². The highest BCUT2D eigenvalue weighted by atomic mass is 16.6. The Balaban J connectivity index is 2.46. The summed E-state index contributed by atoms with van der Waals surface area (Å²) in [5.74, 6) is -0.703. The molecule has 0 aromatic carbocycles. The van der Waals surface area contributed by atoms with Gasteiger partial charge in [0.2, 0.25) is 0 Å². The standard InChI is InChI=1S/C27H40O5/c1-9-17(5)11-23(29)31-25-21(16(3)4)15-27(8)19(7)13-20(28)14-22(27)26(25)32-24(30)12-18(6)10-2/h9-10,19,21-22,25-26H,3,11-15H2,1-2,4-8H3/b17-9+,18-10+/t19-,21+,22+,25+,26-,27+/m0/s1. The van der Waals surface area contributed by atoms with E-state index in [2.05, 4.69) is 20.4 Å². The summed E-state index contributed by atoms with van der Waals surface area (Å²) in [6, 6.07) is 0. The van der Waals surface area contributed by atoms with Crippen LogP contribution in [0.4, 0.5) is 0 Å². The van der Waals surface area contributed by atoms with Crippen LogP contribution in [0.25, 0.3) is 0 Å². The third-order valence-corrected chi connectivity index (χ3v) is 7.73. The Hall–Kier alpha value is -2.17. The smallest absolute Gasteiger partial charge is 0.310 e. The molecular weight excluding hydrogens is 404 g/mol. The minimum absolute atomic E-state index is 0.137.